The molecule has 0 rings (SSSR count). The summed E-state index contributed by atoms with van der Waals surface area (Å²) in [6, 6.07) is -1.33. The Morgan fingerprint density at radius 3 is 0.877 bits per heavy atom. The van der Waals surface area contributed by atoms with Crippen LogP contribution >= 0.6 is 0 Å². The number of hydrogen-bond donors (Lipinski definition) is 4. The summed E-state index contributed by atoms with van der Waals surface area (Å²) in [7, 11) is 1.93. The van der Waals surface area contributed by atoms with Crippen LogP contribution in [-0.4, -0.2) is 120 Å². The van der Waals surface area contributed by atoms with Crippen LogP contribution in [0.3, 0.4) is 0 Å². The molecule has 0 heterocycles. The van der Waals surface area contributed by atoms with Crippen molar-refractivity contribution in [1.82, 2.24) is 25.3 Å². The van der Waals surface area contributed by atoms with Crippen molar-refractivity contribution in [3.05, 3.63) is 0 Å². The van der Waals surface area contributed by atoms with Gasteiger partial charge in [-0.3, -0.25) is 19.2 Å². The maximum absolute atomic E-state index is 13.5. The molecule has 0 saturated heterocycles. The fourth-order valence-corrected chi connectivity index (χ4v) is 9.13. The van der Waals surface area contributed by atoms with Crippen LogP contribution in [0.1, 0.15) is 241 Å². The van der Waals surface area contributed by atoms with Gasteiger partial charge in [-0.25, -0.2) is 0 Å². The van der Waals surface area contributed by atoms with Crippen molar-refractivity contribution in [3.63, 3.8) is 0 Å². The van der Waals surface area contributed by atoms with Crippen LogP contribution in [0, 0.1) is 11.8 Å². The molecule has 0 aliphatic rings. The third-order valence-electron chi connectivity index (χ3n) is 13.1. The SMILES string of the molecule is CCCCCCCCCCCCCCCCCC(=O)N(CCO)C(C(=O)NCCN(C)CCNC(=O)C(C(C)C)N(CCO)C(=O)CCCCCCCCCCCCCCCC)C(C)C. The second-order valence-electron chi connectivity index (χ2n) is 19.9. The zero-order valence-corrected chi connectivity index (χ0v) is 43.8. The van der Waals surface area contributed by atoms with Gasteiger partial charge in [-0.15, -0.1) is 0 Å². The number of aliphatic hydroxyl groups is 2. The summed E-state index contributed by atoms with van der Waals surface area (Å²) < 4.78 is 0. The molecule has 0 aliphatic carbocycles. The second-order valence-corrected chi connectivity index (χ2v) is 19.9. The highest BCUT2D eigenvalue weighted by molar-refractivity contribution is 5.88. The molecule has 65 heavy (non-hydrogen) atoms. The highest BCUT2D eigenvalue weighted by Crippen LogP contribution is 2.19. The summed E-state index contributed by atoms with van der Waals surface area (Å²) in [5.74, 6) is -0.840. The first kappa shape index (κ1) is 62.8. The van der Waals surface area contributed by atoms with Gasteiger partial charge in [0.15, 0.2) is 0 Å². The Hall–Kier alpha value is -2.24. The molecule has 11 heteroatoms. The molecule has 0 radical (unpaired) electrons. The topological polar surface area (TPSA) is 143 Å². The summed E-state index contributed by atoms with van der Waals surface area (Å²) in [5, 5.41) is 25.7. The number of likely N-dealkylation sites (N-methyl/N-ethyl adjacent to an activating group) is 1. The van der Waals surface area contributed by atoms with Gasteiger partial charge in [0.2, 0.25) is 23.6 Å². The van der Waals surface area contributed by atoms with Crippen LogP contribution in [0.25, 0.3) is 0 Å². The average molecular weight is 922 g/mol. The van der Waals surface area contributed by atoms with Crippen LogP contribution in [0.2, 0.25) is 0 Å². The minimum Gasteiger partial charge on any atom is -0.395 e. The van der Waals surface area contributed by atoms with Crippen LogP contribution in [0.5, 0.6) is 0 Å². The number of nitrogens with one attached hydrogen (secondary N) is 2. The number of carbonyl (C=O) groups is 4. The van der Waals surface area contributed by atoms with Gasteiger partial charge in [0, 0.05) is 52.1 Å². The molecule has 0 aliphatic heterocycles. The molecule has 2 unspecified atom stereocenters. The van der Waals surface area contributed by atoms with E-state index in [2.05, 4.69) is 24.5 Å². The van der Waals surface area contributed by atoms with Gasteiger partial charge in [-0.2, -0.15) is 0 Å². The maximum atomic E-state index is 13.5. The van der Waals surface area contributed by atoms with Crippen molar-refractivity contribution in [3.8, 4) is 0 Å². The molecular formula is C54H107N5O6. The van der Waals surface area contributed by atoms with E-state index in [0.29, 0.717) is 39.0 Å². The quantitative estimate of drug-likeness (QED) is 0.0445. The monoisotopic (exact) mass is 922 g/mol. The minimum atomic E-state index is -0.664. The number of hydrogen-bond acceptors (Lipinski definition) is 7. The Bertz CT molecular complexity index is 1140. The van der Waals surface area contributed by atoms with E-state index in [0.717, 1.165) is 38.5 Å². The number of rotatable bonds is 47. The van der Waals surface area contributed by atoms with E-state index in [1.807, 2.05) is 39.6 Å². The van der Waals surface area contributed by atoms with Gasteiger partial charge >= 0.3 is 0 Å². The smallest absolute Gasteiger partial charge is 0.243 e. The first-order chi connectivity index (χ1) is 31.5. The fourth-order valence-electron chi connectivity index (χ4n) is 9.13. The summed E-state index contributed by atoms with van der Waals surface area (Å²) >= 11 is 0. The predicted molar refractivity (Wildman–Crippen MR) is 273 cm³/mol. The van der Waals surface area contributed by atoms with Crippen molar-refractivity contribution in [2.24, 2.45) is 11.8 Å². The van der Waals surface area contributed by atoms with E-state index in [4.69, 9.17) is 0 Å². The largest absolute Gasteiger partial charge is 0.395 e. The van der Waals surface area contributed by atoms with Crippen molar-refractivity contribution < 1.29 is 29.4 Å². The zero-order chi connectivity index (χ0) is 48.3. The average Bonchev–Trinajstić information content (AvgIpc) is 3.27. The van der Waals surface area contributed by atoms with Crippen molar-refractivity contribution >= 4 is 23.6 Å². The Labute approximate surface area is 401 Å². The zero-order valence-electron chi connectivity index (χ0n) is 43.8. The Balaban J connectivity index is 4.61. The van der Waals surface area contributed by atoms with E-state index < -0.39 is 12.1 Å². The molecule has 0 bridgehead atoms. The van der Waals surface area contributed by atoms with Gasteiger partial charge in [0.25, 0.3) is 0 Å². The molecular weight excluding hydrogens is 815 g/mol. The number of aliphatic hydroxyl groups excluding tert-OH is 2. The van der Waals surface area contributed by atoms with Gasteiger partial charge in [-0.1, -0.05) is 215 Å². The first-order valence-electron chi connectivity index (χ1n) is 27.5. The first-order valence-corrected chi connectivity index (χ1v) is 27.5. The molecule has 0 aromatic heterocycles. The molecule has 11 nitrogen and oxygen atoms in total. The molecule has 0 aromatic carbocycles. The van der Waals surface area contributed by atoms with Gasteiger partial charge in [0.05, 0.1) is 13.2 Å². The third-order valence-corrected chi connectivity index (χ3v) is 13.1. The van der Waals surface area contributed by atoms with Gasteiger partial charge in [0.1, 0.15) is 12.1 Å². The van der Waals surface area contributed by atoms with Crippen LogP contribution in [-0.2, 0) is 19.2 Å². The van der Waals surface area contributed by atoms with E-state index in [1.165, 1.54) is 148 Å². The van der Waals surface area contributed by atoms with Crippen LogP contribution in [0.4, 0.5) is 0 Å². The van der Waals surface area contributed by atoms with E-state index in [1.54, 1.807) is 9.80 Å². The summed E-state index contributed by atoms with van der Waals surface area (Å²) in [4.78, 5) is 58.9. The van der Waals surface area contributed by atoms with Gasteiger partial charge in [-0.05, 0) is 31.7 Å². The van der Waals surface area contributed by atoms with E-state index in [-0.39, 0.29) is 61.8 Å². The van der Waals surface area contributed by atoms with Crippen molar-refractivity contribution in [1.29, 1.82) is 0 Å². The molecule has 4 amide bonds. The van der Waals surface area contributed by atoms with Crippen molar-refractivity contribution in [2.75, 3.05) is 59.5 Å². The standard InChI is InChI=1S/C54H107N5O6/c1-8-10-12-14-16-18-20-22-24-26-28-30-32-34-36-38-50(63)59(44-46-61)52(48(5)6)54(65)56-40-42-57(7)41-39-55-53(64)51(47(3)4)58(43-45-60)49(62)37-35-33-31-29-27-25-23-21-19-17-15-13-11-9-2/h47-48,51-52,60-61H,8-46H2,1-7H3,(H,55,64)(H,56,65). The van der Waals surface area contributed by atoms with Crippen molar-refractivity contribution in [2.45, 2.75) is 253 Å². The second kappa shape index (κ2) is 44.3. The highest BCUT2D eigenvalue weighted by atomic mass is 16.3. The lowest BCUT2D eigenvalue weighted by Gasteiger charge is -2.33. The Morgan fingerprint density at radius 1 is 0.400 bits per heavy atom. The molecule has 4 N–H and O–H groups in total. The van der Waals surface area contributed by atoms with Crippen LogP contribution < -0.4 is 10.6 Å². The Morgan fingerprint density at radius 2 is 0.646 bits per heavy atom. The third kappa shape index (κ3) is 33.8. The minimum absolute atomic E-state index is 0.0794. The lowest BCUT2D eigenvalue weighted by atomic mass is 10.00. The van der Waals surface area contributed by atoms with Crippen LogP contribution in [0.15, 0.2) is 0 Å². The maximum Gasteiger partial charge on any atom is 0.243 e. The summed E-state index contributed by atoms with van der Waals surface area (Å²) in [5.41, 5.74) is 0. The predicted octanol–water partition coefficient (Wildman–Crippen LogP) is 11.0. The lowest BCUT2D eigenvalue weighted by molar-refractivity contribution is -0.143. The lowest BCUT2D eigenvalue weighted by Crippen LogP contribution is -2.54. The molecule has 384 valence electrons. The van der Waals surface area contributed by atoms with Gasteiger partial charge < -0.3 is 35.5 Å². The number of unbranched alkanes of at least 4 members (excludes halogenated alkanes) is 27. The number of amides is 4. The molecule has 2 atom stereocenters. The van der Waals surface area contributed by atoms with E-state index in [9.17, 15) is 29.4 Å². The summed E-state index contributed by atoms with van der Waals surface area (Å²) in [6.07, 6.45) is 37.2. The molecule has 0 saturated carbocycles. The van der Waals surface area contributed by atoms with E-state index >= 15 is 0 Å². The Kier molecular flexibility index (Phi) is 42.8. The normalized spacial score (nSPS) is 12.6. The summed E-state index contributed by atoms with van der Waals surface area (Å²) in [6.45, 7) is 14.0. The number of nitrogens with zero attached hydrogens (tertiary/aromatic N) is 3. The molecule has 0 aromatic rings. The molecule has 0 fully saturated rings. The highest BCUT2D eigenvalue weighted by Gasteiger charge is 2.33. The fraction of sp³-hybridized carbons (Fsp3) is 0.926. The molecule has 0 spiro atoms. The number of carbonyl (C=O) groups excluding carboxylic acids is 4.